The van der Waals surface area contributed by atoms with Gasteiger partial charge in [0.05, 0.1) is 7.11 Å². The number of methoxy groups -OCH3 is 1. The normalized spacial score (nSPS) is 32.8. The van der Waals surface area contributed by atoms with Crippen molar-refractivity contribution < 1.29 is 9.84 Å². The lowest BCUT2D eigenvalue weighted by molar-refractivity contribution is -0.000286. The topological polar surface area (TPSA) is 32.7 Å². The molecule has 0 spiro atoms. The van der Waals surface area contributed by atoms with Gasteiger partial charge in [-0.15, -0.1) is 0 Å². The molecule has 1 N–H and O–H groups in total. The van der Waals surface area contributed by atoms with Gasteiger partial charge in [-0.25, -0.2) is 0 Å². The molecule has 0 aromatic heterocycles. The molecule has 3 rings (SSSR count). The quantitative estimate of drug-likeness (QED) is 0.864. The predicted molar refractivity (Wildman–Crippen MR) is 98.5 cm³/mol. The molecule has 2 aliphatic rings. The Hall–Kier alpha value is -1.22. The van der Waals surface area contributed by atoms with Crippen LogP contribution in [0.5, 0.6) is 11.5 Å². The van der Waals surface area contributed by atoms with Gasteiger partial charge < -0.3 is 9.84 Å². The summed E-state index contributed by atoms with van der Waals surface area (Å²) in [6.07, 6.45) is 6.82. The second-order valence-electron chi connectivity index (χ2n) is 8.78. The van der Waals surface area contributed by atoms with Crippen molar-refractivity contribution in [2.45, 2.75) is 65.0 Å². The van der Waals surface area contributed by atoms with Gasteiger partial charge in [-0.05, 0) is 82.4 Å². The molecule has 24 heavy (non-hydrogen) atoms. The number of hydrogen-bond donors (Lipinski definition) is 1. The number of phenolic OH excluding ortho intramolecular Hbond substituents is 1. The zero-order valence-electron chi connectivity index (χ0n) is 15.9. The highest BCUT2D eigenvalue weighted by Gasteiger charge is 2.43. The lowest BCUT2D eigenvalue weighted by Crippen LogP contribution is -2.50. The minimum Gasteiger partial charge on any atom is -0.504 e. The molecule has 0 aliphatic heterocycles. The van der Waals surface area contributed by atoms with E-state index in [1.54, 1.807) is 13.2 Å². The molecule has 3 heteroatoms. The molecule has 3 nitrogen and oxygen atoms in total. The van der Waals surface area contributed by atoms with Crippen molar-refractivity contribution in [3.8, 4) is 11.5 Å². The van der Waals surface area contributed by atoms with Gasteiger partial charge in [0, 0.05) is 17.6 Å². The van der Waals surface area contributed by atoms with Crippen molar-refractivity contribution in [3.63, 3.8) is 0 Å². The number of ether oxygens (including phenoxy) is 1. The zero-order valence-corrected chi connectivity index (χ0v) is 15.9. The molecular formula is C21H33NO2. The van der Waals surface area contributed by atoms with Crippen molar-refractivity contribution in [1.82, 2.24) is 4.90 Å². The predicted octanol–water partition coefficient (Wildman–Crippen LogP) is 4.75. The van der Waals surface area contributed by atoms with Gasteiger partial charge in [0.25, 0.3) is 0 Å². The first kappa shape index (κ1) is 17.6. The molecule has 2 saturated carbocycles. The van der Waals surface area contributed by atoms with Crippen LogP contribution in [0.1, 0.15) is 57.1 Å². The van der Waals surface area contributed by atoms with E-state index in [4.69, 9.17) is 4.74 Å². The Kier molecular flexibility index (Phi) is 4.83. The van der Waals surface area contributed by atoms with Gasteiger partial charge in [-0.1, -0.05) is 13.0 Å². The Morgan fingerprint density at radius 2 is 1.83 bits per heavy atom. The fraction of sp³-hybridized carbons (Fsp3) is 0.714. The van der Waals surface area contributed by atoms with Crippen LogP contribution < -0.4 is 4.74 Å². The van der Waals surface area contributed by atoms with Crippen LogP contribution in [0.25, 0.3) is 0 Å². The van der Waals surface area contributed by atoms with Crippen LogP contribution in [0.3, 0.4) is 0 Å². The summed E-state index contributed by atoms with van der Waals surface area (Å²) in [5.74, 6) is 3.54. The molecule has 2 unspecified atom stereocenters. The maximum absolute atomic E-state index is 10.2. The second-order valence-corrected chi connectivity index (χ2v) is 8.78. The average molecular weight is 332 g/mol. The third kappa shape index (κ3) is 3.42. The van der Waals surface area contributed by atoms with Crippen LogP contribution in [0.4, 0.5) is 0 Å². The number of fused-ring (bicyclic) bond motifs is 2. The minimum atomic E-state index is 0.248. The largest absolute Gasteiger partial charge is 0.504 e. The Balaban J connectivity index is 1.79. The van der Waals surface area contributed by atoms with Crippen molar-refractivity contribution in [1.29, 1.82) is 0 Å². The fourth-order valence-corrected chi connectivity index (χ4v) is 5.50. The Morgan fingerprint density at radius 3 is 2.42 bits per heavy atom. The van der Waals surface area contributed by atoms with Crippen LogP contribution in [-0.2, 0) is 6.54 Å². The smallest absolute Gasteiger partial charge is 0.164 e. The molecule has 2 aliphatic carbocycles. The molecule has 0 amide bonds. The van der Waals surface area contributed by atoms with E-state index < -0.39 is 0 Å². The summed E-state index contributed by atoms with van der Waals surface area (Å²) in [5.41, 5.74) is 2.41. The van der Waals surface area contributed by atoms with E-state index in [2.05, 4.69) is 31.9 Å². The number of phenols is 1. The third-order valence-corrected chi connectivity index (χ3v) is 6.42. The Bertz CT molecular complexity index is 580. The van der Waals surface area contributed by atoms with Crippen molar-refractivity contribution in [2.24, 2.45) is 17.8 Å². The molecule has 0 radical (unpaired) electrons. The number of aryl methyl sites for hydroxylation is 1. The Morgan fingerprint density at radius 1 is 1.21 bits per heavy atom. The summed E-state index contributed by atoms with van der Waals surface area (Å²) in [4.78, 5) is 2.50. The van der Waals surface area contributed by atoms with E-state index in [9.17, 15) is 5.11 Å². The van der Waals surface area contributed by atoms with Crippen LogP contribution >= 0.6 is 0 Å². The molecule has 2 atom stereocenters. The van der Waals surface area contributed by atoms with E-state index in [1.807, 2.05) is 6.92 Å². The standard InChI is InChI=1S/C21H33NO2/c1-14-6-16-10-17(7-14)12-21(3,11-16)22(4)13-18-8-15(2)9-19(23)20(18)24-5/h8-9,14,16-17,23H,6-7,10-13H2,1-5H3. The van der Waals surface area contributed by atoms with Gasteiger partial charge in [0.2, 0.25) is 0 Å². The summed E-state index contributed by atoms with van der Waals surface area (Å²) in [7, 11) is 3.88. The SMILES string of the molecule is COc1c(O)cc(C)cc1CN(C)C1(C)CC2CC(C)CC(C2)C1. The van der Waals surface area contributed by atoms with E-state index in [1.165, 1.54) is 32.1 Å². The maximum Gasteiger partial charge on any atom is 0.164 e. The monoisotopic (exact) mass is 331 g/mol. The molecule has 134 valence electrons. The fourth-order valence-electron chi connectivity index (χ4n) is 5.50. The van der Waals surface area contributed by atoms with Crippen LogP contribution in [0, 0.1) is 24.7 Å². The van der Waals surface area contributed by atoms with Crippen LogP contribution in [0.2, 0.25) is 0 Å². The Labute approximate surface area is 147 Å². The van der Waals surface area contributed by atoms with E-state index >= 15 is 0 Å². The van der Waals surface area contributed by atoms with Crippen LogP contribution in [0.15, 0.2) is 12.1 Å². The number of rotatable bonds is 4. The summed E-state index contributed by atoms with van der Waals surface area (Å²) < 4.78 is 5.46. The minimum absolute atomic E-state index is 0.248. The summed E-state index contributed by atoms with van der Waals surface area (Å²) >= 11 is 0. The number of aromatic hydroxyl groups is 1. The van der Waals surface area contributed by atoms with E-state index in [-0.39, 0.29) is 11.3 Å². The van der Waals surface area contributed by atoms with Crippen LogP contribution in [-0.4, -0.2) is 29.7 Å². The molecule has 0 saturated heterocycles. The number of hydrogen-bond acceptors (Lipinski definition) is 3. The molecule has 1 aromatic rings. The molecule has 0 heterocycles. The number of nitrogens with zero attached hydrogens (tertiary/aromatic N) is 1. The second kappa shape index (κ2) is 6.59. The first-order chi connectivity index (χ1) is 11.3. The van der Waals surface area contributed by atoms with E-state index in [0.717, 1.165) is 35.4 Å². The van der Waals surface area contributed by atoms with Gasteiger partial charge in [0.1, 0.15) is 0 Å². The highest BCUT2D eigenvalue weighted by atomic mass is 16.5. The average Bonchev–Trinajstić information content (AvgIpc) is 2.45. The summed E-state index contributed by atoms with van der Waals surface area (Å²) in [5, 5.41) is 10.2. The van der Waals surface area contributed by atoms with Crippen molar-refractivity contribution in [2.75, 3.05) is 14.2 Å². The molecule has 1 aromatic carbocycles. The highest BCUT2D eigenvalue weighted by molar-refractivity contribution is 5.48. The zero-order chi connectivity index (χ0) is 17.5. The van der Waals surface area contributed by atoms with Gasteiger partial charge in [-0.2, -0.15) is 0 Å². The first-order valence-electron chi connectivity index (χ1n) is 9.38. The van der Waals surface area contributed by atoms with Gasteiger partial charge >= 0.3 is 0 Å². The lowest BCUT2D eigenvalue weighted by atomic mass is 9.62. The summed E-state index contributed by atoms with van der Waals surface area (Å²) in [6.45, 7) is 7.71. The highest BCUT2D eigenvalue weighted by Crippen LogP contribution is 2.48. The van der Waals surface area contributed by atoms with Crippen molar-refractivity contribution >= 4 is 0 Å². The van der Waals surface area contributed by atoms with Gasteiger partial charge in [-0.3, -0.25) is 4.90 Å². The molecular weight excluding hydrogens is 298 g/mol. The number of benzene rings is 1. The third-order valence-electron chi connectivity index (χ3n) is 6.42. The van der Waals surface area contributed by atoms with E-state index in [0.29, 0.717) is 5.75 Å². The molecule has 2 bridgehead atoms. The summed E-state index contributed by atoms with van der Waals surface area (Å²) in [6, 6.07) is 3.92. The first-order valence-corrected chi connectivity index (χ1v) is 9.38. The van der Waals surface area contributed by atoms with Gasteiger partial charge in [0.15, 0.2) is 11.5 Å². The maximum atomic E-state index is 10.2. The molecule has 2 fully saturated rings. The van der Waals surface area contributed by atoms with Crippen molar-refractivity contribution in [3.05, 3.63) is 23.3 Å². The lowest BCUT2D eigenvalue weighted by Gasteiger charge is -2.51.